The maximum atomic E-state index is 14.7. The van der Waals surface area contributed by atoms with Crippen LogP contribution in [-0.2, 0) is 44.6 Å². The van der Waals surface area contributed by atoms with Crippen LogP contribution in [0.25, 0.3) is 10.9 Å². The number of nitrogens with one attached hydrogen (secondary N) is 6. The van der Waals surface area contributed by atoms with Gasteiger partial charge in [0.1, 0.15) is 28.6 Å². The molecule has 0 spiro atoms. The van der Waals surface area contributed by atoms with Crippen LogP contribution in [0.5, 0.6) is 0 Å². The summed E-state index contributed by atoms with van der Waals surface area (Å²) >= 11 is 1.26. The molecule has 13 nitrogen and oxygen atoms in total. The summed E-state index contributed by atoms with van der Waals surface area (Å²) in [5, 5.41) is 19.0. The highest BCUT2D eigenvalue weighted by Crippen LogP contribution is 2.40. The van der Waals surface area contributed by atoms with E-state index in [0.29, 0.717) is 35.0 Å². The Morgan fingerprint density at radius 1 is 1.00 bits per heavy atom. The summed E-state index contributed by atoms with van der Waals surface area (Å²) in [6, 6.07) is 7.36. The number of aromatic amines is 1. The minimum atomic E-state index is -4.66. The largest absolute Gasteiger partial charge is 0.418 e. The molecule has 0 radical (unpaired) electrons. The third-order valence-electron chi connectivity index (χ3n) is 10.3. The van der Waals surface area contributed by atoms with E-state index in [1.165, 1.54) is 42.1 Å². The maximum absolute atomic E-state index is 14.7. The molecule has 1 heterocycles. The van der Waals surface area contributed by atoms with E-state index >= 15 is 0 Å². The average Bonchev–Trinajstić information content (AvgIpc) is 3.54. The maximum Gasteiger partial charge on any atom is 0.418 e. The van der Waals surface area contributed by atoms with Crippen molar-refractivity contribution in [1.82, 2.24) is 26.3 Å². The van der Waals surface area contributed by atoms with Gasteiger partial charge < -0.3 is 26.3 Å². The Balaban J connectivity index is 1.68. The average molecular weight is 805 g/mol. The molecule has 0 saturated heterocycles. The molecule has 0 saturated carbocycles. The van der Waals surface area contributed by atoms with E-state index in [1.54, 1.807) is 27.0 Å². The van der Waals surface area contributed by atoms with Gasteiger partial charge >= 0.3 is 11.3 Å². The van der Waals surface area contributed by atoms with Crippen LogP contribution < -0.4 is 32.1 Å². The number of nitrogens with zero attached hydrogens (tertiary/aromatic N) is 2. The first-order valence-corrected chi connectivity index (χ1v) is 19.5. The molecule has 56 heavy (non-hydrogen) atoms. The lowest BCUT2D eigenvalue weighted by molar-refractivity contribution is -0.417. The van der Waals surface area contributed by atoms with Crippen LogP contribution in [0.2, 0.25) is 0 Å². The lowest BCUT2D eigenvalue weighted by Crippen LogP contribution is -2.67. The zero-order valence-corrected chi connectivity index (χ0v) is 32.8. The van der Waals surface area contributed by atoms with Gasteiger partial charge in [0.25, 0.3) is 0 Å². The van der Waals surface area contributed by atoms with E-state index in [4.69, 9.17) is 5.84 Å². The third kappa shape index (κ3) is 10.4. The van der Waals surface area contributed by atoms with Crippen molar-refractivity contribution in [2.45, 2.75) is 90.0 Å². The normalized spacial score (nSPS) is 18.1. The summed E-state index contributed by atoms with van der Waals surface area (Å²) < 4.78 is 56.6. The van der Waals surface area contributed by atoms with Crippen molar-refractivity contribution in [2.75, 3.05) is 19.3 Å². The van der Waals surface area contributed by atoms with Gasteiger partial charge in [-0.25, -0.2) is 4.39 Å². The van der Waals surface area contributed by atoms with Crippen LogP contribution in [0, 0.1) is 17.7 Å². The molecule has 0 aliphatic heterocycles. The van der Waals surface area contributed by atoms with Crippen LogP contribution in [0.3, 0.4) is 0 Å². The molecule has 1 aromatic heterocycles. The Labute approximate surface area is 326 Å². The van der Waals surface area contributed by atoms with Gasteiger partial charge in [-0.2, -0.15) is 13.2 Å². The summed E-state index contributed by atoms with van der Waals surface area (Å²) in [5.41, 5.74) is -1.70. The van der Waals surface area contributed by atoms with E-state index < -0.39 is 64.7 Å². The molecule has 2 unspecified atom stereocenters. The van der Waals surface area contributed by atoms with Gasteiger partial charge in [0.15, 0.2) is 0 Å². The van der Waals surface area contributed by atoms with Crippen LogP contribution in [0.1, 0.15) is 69.3 Å². The zero-order valence-electron chi connectivity index (χ0n) is 32.0. The topological polar surface area (TPSA) is 197 Å². The molecule has 4 rings (SSSR count). The van der Waals surface area contributed by atoms with Gasteiger partial charge in [0.05, 0.1) is 24.5 Å². The van der Waals surface area contributed by atoms with Gasteiger partial charge in [-0.15, -0.1) is 0 Å². The van der Waals surface area contributed by atoms with Crippen molar-refractivity contribution in [2.24, 2.45) is 28.0 Å². The molecule has 1 aliphatic rings. The first kappa shape index (κ1) is 43.7. The Kier molecular flexibility index (Phi) is 15.0. The molecule has 18 heteroatoms. The first-order chi connectivity index (χ1) is 26.6. The molecule has 1 aliphatic carbocycles. The second-order valence-corrected chi connectivity index (χ2v) is 15.1. The highest BCUT2D eigenvalue weighted by molar-refractivity contribution is 8.13. The summed E-state index contributed by atoms with van der Waals surface area (Å²) in [4.78, 5) is 61.6. The van der Waals surface area contributed by atoms with E-state index in [9.17, 15) is 36.7 Å². The molecule has 0 fully saturated rings. The van der Waals surface area contributed by atoms with Crippen molar-refractivity contribution in [3.63, 3.8) is 0 Å². The van der Waals surface area contributed by atoms with E-state index in [2.05, 4.69) is 41.6 Å². The van der Waals surface area contributed by atoms with Crippen LogP contribution in [0.15, 0.2) is 52.8 Å². The number of benzene rings is 2. The molecule has 2 aromatic carbocycles. The fourth-order valence-electron chi connectivity index (χ4n) is 6.74. The number of nitrogens with two attached hydrogens (primary N) is 1. The van der Waals surface area contributed by atoms with Crippen molar-refractivity contribution in [3.05, 3.63) is 70.7 Å². The van der Waals surface area contributed by atoms with Crippen molar-refractivity contribution in [1.29, 1.82) is 0 Å². The quantitative estimate of drug-likeness (QED) is 0.0234. The molecular formula is C38H50F4N9O4S+. The second-order valence-electron chi connectivity index (χ2n) is 14.0. The van der Waals surface area contributed by atoms with E-state index in [-0.39, 0.29) is 54.6 Å². The molecular weight excluding hydrogens is 755 g/mol. The molecule has 3 aromatic rings. The fourth-order valence-corrected chi connectivity index (χ4v) is 7.38. The number of H-pyrrole nitrogens is 1. The van der Waals surface area contributed by atoms with Gasteiger partial charge in [-0.05, 0) is 59.7 Å². The minimum Gasteiger partial charge on any atom is -0.358 e. The molecule has 8 N–H and O–H groups in total. The number of para-hydroxylation sites is 1. The fraction of sp³-hybridized carbons (Fsp3) is 0.500. The van der Waals surface area contributed by atoms with Gasteiger partial charge in [-0.3, -0.25) is 30.0 Å². The Morgan fingerprint density at radius 3 is 2.30 bits per heavy atom. The number of aromatic nitrogens is 1. The highest BCUT2D eigenvalue weighted by atomic mass is 32.2. The summed E-state index contributed by atoms with van der Waals surface area (Å²) in [6.45, 7) is 7.41. The summed E-state index contributed by atoms with van der Waals surface area (Å²) in [7, 11) is 1.64. The molecule has 0 bridgehead atoms. The smallest absolute Gasteiger partial charge is 0.358 e. The number of thioether (sulfide) groups is 1. The summed E-state index contributed by atoms with van der Waals surface area (Å²) in [6.07, 6.45) is -4.21. The van der Waals surface area contributed by atoms with Gasteiger partial charge in [0.2, 0.25) is 23.6 Å². The Bertz CT molecular complexity index is 1950. The monoisotopic (exact) mass is 804 g/mol. The third-order valence-corrected chi connectivity index (χ3v) is 11.3. The number of hydrogen-bond acceptors (Lipinski definition) is 6. The van der Waals surface area contributed by atoms with Crippen molar-refractivity contribution in [3.8, 4) is 0 Å². The van der Waals surface area contributed by atoms with Gasteiger partial charge in [-0.1, -0.05) is 70.9 Å². The van der Waals surface area contributed by atoms with Crippen LogP contribution >= 0.6 is 11.8 Å². The lowest BCUT2D eigenvalue weighted by Gasteiger charge is -2.39. The number of amidine groups is 1. The molecule has 304 valence electrons. The predicted molar refractivity (Wildman–Crippen MR) is 205 cm³/mol. The van der Waals surface area contributed by atoms with E-state index in [0.717, 1.165) is 6.07 Å². The number of carbonyl (C=O) groups is 4. The second kappa shape index (κ2) is 19.2. The highest BCUT2D eigenvalue weighted by Gasteiger charge is 2.47. The zero-order chi connectivity index (χ0) is 41.2. The van der Waals surface area contributed by atoms with Crippen LogP contribution in [0.4, 0.5) is 17.6 Å². The number of hydrogen-bond donors (Lipinski definition) is 7. The Morgan fingerprint density at radius 2 is 1.68 bits per heavy atom. The Hall–Kier alpha value is -5.00. The number of carbonyl (C=O) groups excluding carboxylic acids is 4. The van der Waals surface area contributed by atoms with Crippen LogP contribution in [-0.4, -0.2) is 70.7 Å². The van der Waals surface area contributed by atoms with Crippen molar-refractivity contribution >= 4 is 51.5 Å². The van der Waals surface area contributed by atoms with E-state index in [1.807, 2.05) is 13.8 Å². The number of alkyl halides is 3. The minimum absolute atomic E-state index is 0.0358. The number of aryl methyl sites for hydroxylation is 1. The number of fused-ring (bicyclic) bond motifs is 3. The number of halogens is 4. The standard InChI is InChI=1S/C38H49F4N9O4S/c1-6-21(3)30(33(53)45-17-18-56-36(44-5)50-51-43)48-35(55)37(16-15-28-25(20-37)24-12-10-13-26(32(24)46-28)38(40,41)42)49-34(54)31(22(4)7-2)47-29(52)19-23-11-8-9-14-27(23)39/h8-14,21-22,30-31,46H,6-7,15-20H2,1-5H3,(H,45,53)(H,47,52)(H,48,55)(H,49,54)(H2,43,44,50)/p+1/t21?,22?,30-,31-,37+/m0/s1. The lowest BCUT2D eigenvalue weighted by atomic mass is 9.78. The van der Waals surface area contributed by atoms with Crippen molar-refractivity contribution < 1.29 is 41.7 Å². The first-order valence-electron chi connectivity index (χ1n) is 18.5. The molecule has 4 amide bonds. The predicted octanol–water partition coefficient (Wildman–Crippen LogP) is 3.22. The molecule has 5 atom stereocenters. The van der Waals surface area contributed by atoms with Gasteiger partial charge in [0, 0.05) is 35.0 Å². The SMILES string of the molecule is CCC(C)[C@H](NC(=O)Cc1ccccc1F)C(=O)N[C@]1(C(=O)N[C@H](C(=O)NCCSC(/N=N\N)=[NH+]C)C(C)CC)CCc2[nH]c3c(C(F)(F)F)cccc3c2C1. The number of amides is 4. The summed E-state index contributed by atoms with van der Waals surface area (Å²) in [5.74, 6) is 1.64. The number of rotatable bonds is 15.